The number of nitrogens with zero attached hydrogens (tertiary/aromatic N) is 1. The van der Waals surface area contributed by atoms with Gasteiger partial charge in [0, 0.05) is 5.02 Å². The average Bonchev–Trinajstić information content (AvgIpc) is 2.40. The van der Waals surface area contributed by atoms with Crippen molar-refractivity contribution in [3.05, 3.63) is 62.6 Å². The molecule has 0 atom stereocenters. The first-order chi connectivity index (χ1) is 9.60. The Hall–Kier alpha value is -1.42. The molecular weight excluding hydrogens is 321 g/mol. The molecule has 0 bridgehead atoms. The normalized spacial score (nSPS) is 10.9. The van der Waals surface area contributed by atoms with Crippen LogP contribution in [0.5, 0.6) is 5.75 Å². The molecule has 0 spiro atoms. The van der Waals surface area contributed by atoms with Crippen LogP contribution in [0, 0.1) is 0 Å². The molecule has 0 amide bonds. The number of oxime groups is 1. The van der Waals surface area contributed by atoms with Crippen molar-refractivity contribution in [2.75, 3.05) is 0 Å². The van der Waals surface area contributed by atoms with Gasteiger partial charge in [0.2, 0.25) is 0 Å². The minimum absolute atomic E-state index is 0.323. The summed E-state index contributed by atoms with van der Waals surface area (Å²) in [5, 5.41) is 12.8. The van der Waals surface area contributed by atoms with Gasteiger partial charge in [-0.05, 0) is 35.4 Å². The van der Waals surface area contributed by atoms with Crippen LogP contribution in [0.1, 0.15) is 11.1 Å². The fraction of sp³-hybridized carbons (Fsp3) is 0.0714. The number of rotatable bonds is 4. The second kappa shape index (κ2) is 6.84. The van der Waals surface area contributed by atoms with Crippen LogP contribution in [0.3, 0.4) is 0 Å². The highest BCUT2D eigenvalue weighted by Crippen LogP contribution is 2.34. The number of halogens is 3. The summed E-state index contributed by atoms with van der Waals surface area (Å²) in [4.78, 5) is 0. The molecule has 104 valence electrons. The van der Waals surface area contributed by atoms with E-state index < -0.39 is 0 Å². The second-order valence-electron chi connectivity index (χ2n) is 3.97. The Kier molecular flexibility index (Phi) is 5.12. The summed E-state index contributed by atoms with van der Waals surface area (Å²) in [6.45, 7) is 0.323. The number of hydrogen-bond donors (Lipinski definition) is 1. The van der Waals surface area contributed by atoms with E-state index in [1.54, 1.807) is 24.3 Å². The molecule has 0 heterocycles. The maximum atomic E-state index is 8.49. The van der Waals surface area contributed by atoms with Crippen LogP contribution in [0.2, 0.25) is 15.1 Å². The lowest BCUT2D eigenvalue weighted by molar-refractivity contribution is 0.306. The topological polar surface area (TPSA) is 41.8 Å². The lowest BCUT2D eigenvalue weighted by Crippen LogP contribution is -1.97. The molecule has 2 rings (SSSR count). The van der Waals surface area contributed by atoms with Gasteiger partial charge in [0.25, 0.3) is 0 Å². The first-order valence-electron chi connectivity index (χ1n) is 5.64. The molecule has 0 saturated carbocycles. The summed E-state index contributed by atoms with van der Waals surface area (Å²) in [5.41, 5.74) is 1.53. The van der Waals surface area contributed by atoms with E-state index in [9.17, 15) is 0 Å². The van der Waals surface area contributed by atoms with Gasteiger partial charge in [-0.1, -0.05) is 52.1 Å². The Morgan fingerprint density at radius 3 is 2.20 bits per heavy atom. The molecule has 3 nitrogen and oxygen atoms in total. The Labute approximate surface area is 131 Å². The fourth-order valence-electron chi connectivity index (χ4n) is 1.59. The predicted molar refractivity (Wildman–Crippen MR) is 81.6 cm³/mol. The lowest BCUT2D eigenvalue weighted by atomic mass is 10.2. The Balaban J connectivity index is 2.15. The first kappa shape index (κ1) is 15.0. The Morgan fingerprint density at radius 2 is 1.65 bits per heavy atom. The number of benzene rings is 2. The standard InChI is InChI=1S/C14H10Cl3NO2/c15-11-3-1-9(2-4-11)8-20-14-12(16)5-10(7-18-19)6-13(14)17/h1-7,19H,8H2/b18-7-. The quantitative estimate of drug-likeness (QED) is 0.485. The summed E-state index contributed by atoms with van der Waals surface area (Å²) in [6.07, 6.45) is 1.24. The highest BCUT2D eigenvalue weighted by molar-refractivity contribution is 6.37. The Bertz CT molecular complexity index is 604. The summed E-state index contributed by atoms with van der Waals surface area (Å²) in [6, 6.07) is 10.5. The van der Waals surface area contributed by atoms with Crippen molar-refractivity contribution in [3.8, 4) is 5.75 Å². The highest BCUT2D eigenvalue weighted by atomic mass is 35.5. The van der Waals surface area contributed by atoms with E-state index in [0.717, 1.165) is 5.56 Å². The van der Waals surface area contributed by atoms with Crippen LogP contribution in [-0.2, 0) is 6.61 Å². The minimum atomic E-state index is 0.323. The van der Waals surface area contributed by atoms with Crippen LogP contribution in [-0.4, -0.2) is 11.4 Å². The van der Waals surface area contributed by atoms with Gasteiger partial charge in [-0.3, -0.25) is 0 Å². The van der Waals surface area contributed by atoms with Crippen molar-refractivity contribution in [2.24, 2.45) is 5.16 Å². The molecule has 0 aliphatic carbocycles. The van der Waals surface area contributed by atoms with Gasteiger partial charge >= 0.3 is 0 Å². The van der Waals surface area contributed by atoms with Crippen LogP contribution in [0.4, 0.5) is 0 Å². The third kappa shape index (κ3) is 3.79. The third-order valence-corrected chi connectivity index (χ3v) is 3.34. The molecule has 0 unspecified atom stereocenters. The van der Waals surface area contributed by atoms with Crippen molar-refractivity contribution < 1.29 is 9.94 Å². The molecule has 6 heteroatoms. The Morgan fingerprint density at radius 1 is 1.05 bits per heavy atom. The van der Waals surface area contributed by atoms with E-state index in [2.05, 4.69) is 5.16 Å². The van der Waals surface area contributed by atoms with E-state index >= 15 is 0 Å². The van der Waals surface area contributed by atoms with Gasteiger partial charge in [-0.15, -0.1) is 0 Å². The SMILES string of the molecule is O/N=C\c1cc(Cl)c(OCc2ccc(Cl)cc2)c(Cl)c1. The van der Waals surface area contributed by atoms with Crippen molar-refractivity contribution in [3.63, 3.8) is 0 Å². The minimum Gasteiger partial charge on any atom is -0.486 e. The smallest absolute Gasteiger partial charge is 0.157 e. The maximum absolute atomic E-state index is 8.49. The van der Waals surface area contributed by atoms with Crippen molar-refractivity contribution >= 4 is 41.0 Å². The number of hydrogen-bond acceptors (Lipinski definition) is 3. The van der Waals surface area contributed by atoms with Gasteiger partial charge in [-0.2, -0.15) is 0 Å². The largest absolute Gasteiger partial charge is 0.486 e. The summed E-state index contributed by atoms with van der Waals surface area (Å²) < 4.78 is 5.61. The molecule has 2 aromatic rings. The maximum Gasteiger partial charge on any atom is 0.157 e. The van der Waals surface area contributed by atoms with Crippen LogP contribution in [0.15, 0.2) is 41.6 Å². The van der Waals surface area contributed by atoms with Gasteiger partial charge in [0.15, 0.2) is 5.75 Å². The zero-order valence-corrected chi connectivity index (χ0v) is 12.5. The van der Waals surface area contributed by atoms with E-state index in [1.165, 1.54) is 6.21 Å². The lowest BCUT2D eigenvalue weighted by Gasteiger charge is -2.10. The van der Waals surface area contributed by atoms with E-state index in [4.69, 9.17) is 44.7 Å². The molecule has 0 aromatic heterocycles. The molecule has 1 N–H and O–H groups in total. The molecule has 0 fully saturated rings. The van der Waals surface area contributed by atoms with Gasteiger partial charge in [0.05, 0.1) is 16.3 Å². The van der Waals surface area contributed by atoms with Gasteiger partial charge < -0.3 is 9.94 Å². The third-order valence-electron chi connectivity index (χ3n) is 2.52. The van der Waals surface area contributed by atoms with Crippen molar-refractivity contribution in [2.45, 2.75) is 6.61 Å². The molecule has 0 aliphatic rings. The van der Waals surface area contributed by atoms with E-state index in [0.29, 0.717) is 33.0 Å². The van der Waals surface area contributed by atoms with Crippen LogP contribution >= 0.6 is 34.8 Å². The van der Waals surface area contributed by atoms with Crippen LogP contribution in [0.25, 0.3) is 0 Å². The number of ether oxygens (including phenoxy) is 1. The first-order valence-corrected chi connectivity index (χ1v) is 6.77. The summed E-state index contributed by atoms with van der Waals surface area (Å²) in [7, 11) is 0. The van der Waals surface area contributed by atoms with Crippen LogP contribution < -0.4 is 4.74 Å². The molecule has 2 aromatic carbocycles. The van der Waals surface area contributed by atoms with Crippen molar-refractivity contribution in [1.82, 2.24) is 0 Å². The predicted octanol–water partition coefficient (Wildman–Crippen LogP) is 5.03. The fourth-order valence-corrected chi connectivity index (χ4v) is 2.33. The van der Waals surface area contributed by atoms with E-state index in [1.807, 2.05) is 12.1 Å². The van der Waals surface area contributed by atoms with Gasteiger partial charge in [-0.25, -0.2) is 0 Å². The molecule has 0 saturated heterocycles. The van der Waals surface area contributed by atoms with E-state index in [-0.39, 0.29) is 0 Å². The highest BCUT2D eigenvalue weighted by Gasteiger charge is 2.09. The molecule has 0 aliphatic heterocycles. The second-order valence-corrected chi connectivity index (χ2v) is 5.22. The molecular formula is C14H10Cl3NO2. The summed E-state index contributed by atoms with van der Waals surface area (Å²) in [5.74, 6) is 0.387. The van der Waals surface area contributed by atoms with Gasteiger partial charge in [0.1, 0.15) is 6.61 Å². The monoisotopic (exact) mass is 329 g/mol. The molecule has 20 heavy (non-hydrogen) atoms. The summed E-state index contributed by atoms with van der Waals surface area (Å²) >= 11 is 18.0. The zero-order chi connectivity index (χ0) is 14.5. The zero-order valence-electron chi connectivity index (χ0n) is 10.2. The van der Waals surface area contributed by atoms with Crippen molar-refractivity contribution in [1.29, 1.82) is 0 Å². The molecule has 0 radical (unpaired) electrons. The average molecular weight is 331 g/mol.